The molecule has 0 unspecified atom stereocenters. The Labute approximate surface area is 93.9 Å². The van der Waals surface area contributed by atoms with Crippen LogP contribution in [-0.4, -0.2) is 4.98 Å². The number of nitrogens with zero attached hydrogens (tertiary/aromatic N) is 1. The normalized spacial score (nSPS) is 10.4. The van der Waals surface area contributed by atoms with Gasteiger partial charge in [-0.25, -0.2) is 9.37 Å². The van der Waals surface area contributed by atoms with E-state index < -0.39 is 0 Å². The molecular formula is C13H13FN2. The molecule has 0 bridgehead atoms. The Morgan fingerprint density at radius 3 is 2.50 bits per heavy atom. The predicted octanol–water partition coefficient (Wildman–Crippen LogP) is 3.09. The van der Waals surface area contributed by atoms with Gasteiger partial charge in [-0.2, -0.15) is 0 Å². The highest BCUT2D eigenvalue weighted by Gasteiger charge is 2.05. The molecule has 0 fully saturated rings. The molecule has 2 nitrogen and oxygen atoms in total. The maximum atomic E-state index is 13.0. The van der Waals surface area contributed by atoms with Crippen molar-refractivity contribution >= 4 is 5.82 Å². The van der Waals surface area contributed by atoms with E-state index in [1.807, 2.05) is 19.9 Å². The van der Waals surface area contributed by atoms with Crippen molar-refractivity contribution in [2.24, 2.45) is 0 Å². The van der Waals surface area contributed by atoms with E-state index in [1.165, 1.54) is 12.1 Å². The minimum absolute atomic E-state index is 0.221. The average molecular weight is 216 g/mol. The van der Waals surface area contributed by atoms with E-state index in [4.69, 9.17) is 5.73 Å². The fraction of sp³-hybridized carbons (Fsp3) is 0.154. The van der Waals surface area contributed by atoms with Gasteiger partial charge in [-0.3, -0.25) is 0 Å². The van der Waals surface area contributed by atoms with Gasteiger partial charge in [0.05, 0.1) is 0 Å². The minimum atomic E-state index is -0.221. The second-order valence-corrected chi connectivity index (χ2v) is 3.89. The number of rotatable bonds is 1. The van der Waals surface area contributed by atoms with Crippen LogP contribution in [-0.2, 0) is 0 Å². The maximum Gasteiger partial charge on any atom is 0.126 e. The molecule has 0 spiro atoms. The van der Waals surface area contributed by atoms with E-state index >= 15 is 0 Å². The molecule has 0 radical (unpaired) electrons. The molecule has 0 atom stereocenters. The predicted molar refractivity (Wildman–Crippen MR) is 63.5 cm³/mol. The number of nitrogens with two attached hydrogens (primary N) is 1. The molecule has 0 aliphatic carbocycles. The van der Waals surface area contributed by atoms with Crippen LogP contribution in [0.15, 0.2) is 30.5 Å². The maximum absolute atomic E-state index is 13.0. The number of nitrogen functional groups attached to an aromatic ring is 1. The summed E-state index contributed by atoms with van der Waals surface area (Å²) >= 11 is 0. The zero-order chi connectivity index (χ0) is 11.7. The summed E-state index contributed by atoms with van der Waals surface area (Å²) in [6, 6.07) is 6.69. The molecule has 0 aliphatic heterocycles. The zero-order valence-electron chi connectivity index (χ0n) is 9.29. The molecule has 1 heterocycles. The van der Waals surface area contributed by atoms with Gasteiger partial charge >= 0.3 is 0 Å². The van der Waals surface area contributed by atoms with Crippen LogP contribution in [0.2, 0.25) is 0 Å². The van der Waals surface area contributed by atoms with Gasteiger partial charge in [0.25, 0.3) is 0 Å². The Bertz CT molecular complexity index is 535. The number of aromatic nitrogens is 1. The molecule has 0 aliphatic rings. The summed E-state index contributed by atoms with van der Waals surface area (Å²) in [4.78, 5) is 4.10. The first-order valence-corrected chi connectivity index (χ1v) is 5.06. The highest BCUT2D eigenvalue weighted by atomic mass is 19.1. The van der Waals surface area contributed by atoms with E-state index in [0.717, 1.165) is 22.3 Å². The Balaban J connectivity index is 2.54. The highest BCUT2D eigenvalue weighted by Crippen LogP contribution is 2.25. The van der Waals surface area contributed by atoms with Gasteiger partial charge in [-0.15, -0.1) is 0 Å². The third-order valence-electron chi connectivity index (χ3n) is 2.62. The summed E-state index contributed by atoms with van der Waals surface area (Å²) in [6.07, 6.45) is 1.71. The second-order valence-electron chi connectivity index (χ2n) is 3.89. The molecule has 0 saturated heterocycles. The van der Waals surface area contributed by atoms with Crippen molar-refractivity contribution in [2.75, 3.05) is 5.73 Å². The summed E-state index contributed by atoms with van der Waals surface area (Å²) in [7, 11) is 0. The molecule has 2 N–H and O–H groups in total. The number of hydrogen-bond acceptors (Lipinski definition) is 2. The number of anilines is 1. The van der Waals surface area contributed by atoms with E-state index in [1.54, 1.807) is 12.3 Å². The summed E-state index contributed by atoms with van der Waals surface area (Å²) in [5.74, 6) is 0.310. The molecule has 1 aromatic carbocycles. The van der Waals surface area contributed by atoms with Gasteiger partial charge in [0.2, 0.25) is 0 Å². The Morgan fingerprint density at radius 1 is 1.12 bits per heavy atom. The molecule has 3 heteroatoms. The van der Waals surface area contributed by atoms with Gasteiger partial charge in [-0.1, -0.05) is 6.07 Å². The third-order valence-corrected chi connectivity index (χ3v) is 2.62. The van der Waals surface area contributed by atoms with Crippen LogP contribution >= 0.6 is 0 Å². The van der Waals surface area contributed by atoms with Gasteiger partial charge in [0.1, 0.15) is 11.6 Å². The van der Waals surface area contributed by atoms with Gasteiger partial charge < -0.3 is 5.73 Å². The summed E-state index contributed by atoms with van der Waals surface area (Å²) in [6.45, 7) is 3.79. The SMILES string of the molecule is Cc1cc(F)ccc1-c1cnc(N)c(C)c1. The van der Waals surface area contributed by atoms with Gasteiger partial charge in [0.15, 0.2) is 0 Å². The largest absolute Gasteiger partial charge is 0.383 e. The first kappa shape index (κ1) is 10.6. The lowest BCUT2D eigenvalue weighted by molar-refractivity contribution is 0.627. The molecule has 0 amide bonds. The number of halogens is 1. The van der Waals surface area contributed by atoms with E-state index in [9.17, 15) is 4.39 Å². The van der Waals surface area contributed by atoms with E-state index in [-0.39, 0.29) is 5.82 Å². The van der Waals surface area contributed by atoms with E-state index in [2.05, 4.69) is 4.98 Å². The van der Waals surface area contributed by atoms with Crippen molar-refractivity contribution in [3.8, 4) is 11.1 Å². The number of benzene rings is 1. The molecule has 16 heavy (non-hydrogen) atoms. The third kappa shape index (κ3) is 1.89. The van der Waals surface area contributed by atoms with Crippen LogP contribution < -0.4 is 5.73 Å². The first-order valence-electron chi connectivity index (χ1n) is 5.06. The fourth-order valence-electron chi connectivity index (χ4n) is 1.68. The van der Waals surface area contributed by atoms with Crippen molar-refractivity contribution in [3.63, 3.8) is 0 Å². The topological polar surface area (TPSA) is 38.9 Å². The molecule has 0 saturated carbocycles. The highest BCUT2D eigenvalue weighted by molar-refractivity contribution is 5.68. The number of aryl methyl sites for hydroxylation is 2. The lowest BCUT2D eigenvalue weighted by Gasteiger charge is -2.07. The Kier molecular flexibility index (Phi) is 2.60. The molecule has 82 valence electrons. The van der Waals surface area contributed by atoms with Crippen LogP contribution in [0.25, 0.3) is 11.1 Å². The Hall–Kier alpha value is -1.90. The van der Waals surface area contributed by atoms with Crippen LogP contribution in [0.5, 0.6) is 0 Å². The second kappa shape index (κ2) is 3.93. The summed E-state index contributed by atoms with van der Waals surface area (Å²) in [5, 5.41) is 0. The minimum Gasteiger partial charge on any atom is -0.383 e. The average Bonchev–Trinajstić information content (AvgIpc) is 2.22. The van der Waals surface area contributed by atoms with Crippen LogP contribution in [0.3, 0.4) is 0 Å². The van der Waals surface area contributed by atoms with Crippen molar-refractivity contribution in [1.29, 1.82) is 0 Å². The van der Waals surface area contributed by atoms with E-state index in [0.29, 0.717) is 5.82 Å². The molecule has 2 aromatic rings. The van der Waals surface area contributed by atoms with Crippen molar-refractivity contribution < 1.29 is 4.39 Å². The van der Waals surface area contributed by atoms with Gasteiger partial charge in [0, 0.05) is 11.8 Å². The van der Waals surface area contributed by atoms with Crippen LogP contribution in [0.1, 0.15) is 11.1 Å². The summed E-state index contributed by atoms with van der Waals surface area (Å²) < 4.78 is 13.0. The first-order chi connectivity index (χ1) is 7.58. The zero-order valence-corrected chi connectivity index (χ0v) is 9.29. The van der Waals surface area contributed by atoms with Crippen LogP contribution in [0.4, 0.5) is 10.2 Å². The van der Waals surface area contributed by atoms with Crippen molar-refractivity contribution in [2.45, 2.75) is 13.8 Å². The molecule has 1 aromatic heterocycles. The standard InChI is InChI=1S/C13H13FN2/c1-8-6-11(14)3-4-12(8)10-5-9(2)13(15)16-7-10/h3-7H,1-2H3,(H2,15,16). The quantitative estimate of drug-likeness (QED) is 0.795. The van der Waals surface area contributed by atoms with Crippen molar-refractivity contribution in [3.05, 3.63) is 47.4 Å². The molecule has 2 rings (SSSR count). The fourth-order valence-corrected chi connectivity index (χ4v) is 1.68. The summed E-state index contributed by atoms with van der Waals surface area (Å²) in [5.41, 5.74) is 9.43. The lowest BCUT2D eigenvalue weighted by Crippen LogP contribution is -1.94. The van der Waals surface area contributed by atoms with Crippen molar-refractivity contribution in [1.82, 2.24) is 4.98 Å². The smallest absolute Gasteiger partial charge is 0.126 e. The Morgan fingerprint density at radius 2 is 1.88 bits per heavy atom. The van der Waals surface area contributed by atoms with Gasteiger partial charge in [-0.05, 0) is 48.7 Å². The van der Waals surface area contributed by atoms with Crippen LogP contribution in [0, 0.1) is 19.7 Å². The lowest BCUT2D eigenvalue weighted by atomic mass is 10.0. The number of hydrogen-bond donors (Lipinski definition) is 1. The number of pyridine rings is 1. The monoisotopic (exact) mass is 216 g/mol. The molecular weight excluding hydrogens is 203 g/mol.